The molecule has 1 aromatic carbocycles. The molecule has 4 aromatic rings. The van der Waals surface area contributed by atoms with Crippen LogP contribution in [-0.2, 0) is 10.4 Å². The molecule has 1 saturated carbocycles. The summed E-state index contributed by atoms with van der Waals surface area (Å²) in [4.78, 5) is 25.9. The topological polar surface area (TPSA) is 126 Å². The minimum absolute atomic E-state index is 0.106. The van der Waals surface area contributed by atoms with Gasteiger partial charge in [-0.25, -0.2) is 13.8 Å². The van der Waals surface area contributed by atoms with Gasteiger partial charge >= 0.3 is 0 Å². The molecular formula is C26H20ClF3N8O2. The Morgan fingerprint density at radius 2 is 1.95 bits per heavy atom. The summed E-state index contributed by atoms with van der Waals surface area (Å²) in [5.74, 6) is -2.60. The Morgan fingerprint density at radius 1 is 1.12 bits per heavy atom. The summed E-state index contributed by atoms with van der Waals surface area (Å²) < 4.78 is 46.9. The second kappa shape index (κ2) is 8.96. The molecule has 2 fully saturated rings. The molecule has 1 amide bonds. The number of carbonyl (C=O) groups excluding carboxylic acids is 1. The lowest BCUT2D eigenvalue weighted by molar-refractivity contribution is -0.129. The fourth-order valence-electron chi connectivity index (χ4n) is 5.72. The molecule has 5 heterocycles. The smallest absolute Gasteiger partial charge is 0.247 e. The van der Waals surface area contributed by atoms with Crippen LogP contribution in [0.2, 0.25) is 5.02 Å². The van der Waals surface area contributed by atoms with Gasteiger partial charge in [0.25, 0.3) is 0 Å². The summed E-state index contributed by atoms with van der Waals surface area (Å²) in [5.41, 5.74) is -0.952. The van der Waals surface area contributed by atoms with Crippen LogP contribution in [0.15, 0.2) is 36.8 Å². The van der Waals surface area contributed by atoms with Crippen LogP contribution in [-0.4, -0.2) is 57.1 Å². The number of halogens is 4. The third-order valence-corrected chi connectivity index (χ3v) is 8.09. The molecule has 1 aliphatic carbocycles. The fraction of sp³-hybridized carbons (Fsp3) is 0.308. The van der Waals surface area contributed by atoms with Crippen LogP contribution >= 0.6 is 11.6 Å². The normalized spacial score (nSPS) is 21.5. The first-order chi connectivity index (χ1) is 19.2. The molecule has 14 heteroatoms. The molecular weight excluding hydrogens is 549 g/mol. The van der Waals surface area contributed by atoms with Gasteiger partial charge in [0.1, 0.15) is 29.1 Å². The third kappa shape index (κ3) is 3.83. The first kappa shape index (κ1) is 24.9. The highest BCUT2D eigenvalue weighted by Gasteiger charge is 2.47. The first-order valence-corrected chi connectivity index (χ1v) is 13.0. The lowest BCUT2D eigenvalue weighted by atomic mass is 9.92. The van der Waals surface area contributed by atoms with Crippen LogP contribution in [0, 0.1) is 17.6 Å². The number of H-pyrrole nitrogens is 1. The Morgan fingerprint density at radius 3 is 2.70 bits per heavy atom. The van der Waals surface area contributed by atoms with Crippen LogP contribution in [0.25, 0.3) is 22.5 Å². The van der Waals surface area contributed by atoms with Gasteiger partial charge in [-0.15, -0.1) is 5.10 Å². The number of pyridine rings is 1. The number of hydrogen-bond donors (Lipinski definition) is 2. The lowest BCUT2D eigenvalue weighted by Gasteiger charge is -2.33. The minimum atomic E-state index is -1.34. The number of benzene rings is 1. The molecule has 3 aliphatic rings. The molecule has 0 unspecified atom stereocenters. The highest BCUT2D eigenvalue weighted by molar-refractivity contribution is 6.31. The molecule has 7 rings (SSSR count). The largest absolute Gasteiger partial charge is 0.383 e. The predicted molar refractivity (Wildman–Crippen MR) is 134 cm³/mol. The van der Waals surface area contributed by atoms with E-state index < -0.39 is 35.1 Å². The van der Waals surface area contributed by atoms with Crippen LogP contribution < -0.4 is 0 Å². The van der Waals surface area contributed by atoms with Gasteiger partial charge in [0.05, 0.1) is 16.8 Å². The molecule has 0 bridgehead atoms. The summed E-state index contributed by atoms with van der Waals surface area (Å²) in [5, 5.41) is 21.3. The number of nitrogens with one attached hydrogen (secondary N) is 1. The second-order valence-electron chi connectivity index (χ2n) is 10.2. The van der Waals surface area contributed by atoms with Crippen LogP contribution in [0.5, 0.6) is 0 Å². The summed E-state index contributed by atoms with van der Waals surface area (Å²) in [6.45, 7) is 0. The zero-order valence-electron chi connectivity index (χ0n) is 20.7. The van der Waals surface area contributed by atoms with E-state index in [0.29, 0.717) is 43.4 Å². The summed E-state index contributed by atoms with van der Waals surface area (Å²) in [6, 6.07) is 3.35. The van der Waals surface area contributed by atoms with Gasteiger partial charge < -0.3 is 15.0 Å². The van der Waals surface area contributed by atoms with Crippen molar-refractivity contribution in [3.8, 4) is 16.9 Å². The monoisotopic (exact) mass is 568 g/mol. The van der Waals surface area contributed by atoms with Crippen molar-refractivity contribution in [3.63, 3.8) is 0 Å². The third-order valence-electron chi connectivity index (χ3n) is 7.80. The van der Waals surface area contributed by atoms with Crippen LogP contribution in [0.1, 0.15) is 55.2 Å². The molecule has 2 N–H and O–H groups in total. The van der Waals surface area contributed by atoms with E-state index >= 15 is 13.2 Å². The number of nitrogens with zero attached hydrogens (tertiary/aromatic N) is 7. The highest BCUT2D eigenvalue weighted by Crippen LogP contribution is 2.47. The summed E-state index contributed by atoms with van der Waals surface area (Å²) >= 11 is 6.08. The number of hydrogen-bond acceptors (Lipinski definition) is 7. The minimum Gasteiger partial charge on any atom is -0.383 e. The molecule has 2 aliphatic heterocycles. The fourth-order valence-corrected chi connectivity index (χ4v) is 5.87. The quantitative estimate of drug-likeness (QED) is 0.372. The van der Waals surface area contributed by atoms with Gasteiger partial charge in [-0.05, 0) is 66.3 Å². The number of carbonyl (C=O) groups is 1. The highest BCUT2D eigenvalue weighted by atomic mass is 35.5. The average molecular weight is 569 g/mol. The van der Waals surface area contributed by atoms with Gasteiger partial charge in [-0.1, -0.05) is 11.6 Å². The summed E-state index contributed by atoms with van der Waals surface area (Å²) in [6.07, 6.45) is 6.04. The van der Waals surface area contributed by atoms with E-state index in [1.54, 1.807) is 11.0 Å². The van der Waals surface area contributed by atoms with Gasteiger partial charge in [0.15, 0.2) is 11.6 Å². The van der Waals surface area contributed by atoms with E-state index in [2.05, 4.69) is 30.5 Å². The zero-order valence-corrected chi connectivity index (χ0v) is 21.4. The molecule has 0 spiro atoms. The predicted octanol–water partition coefficient (Wildman–Crippen LogP) is 4.02. The molecule has 3 aromatic heterocycles. The van der Waals surface area contributed by atoms with E-state index in [0.717, 1.165) is 0 Å². The number of aromatic nitrogens is 7. The Balaban J connectivity index is 1.22. The zero-order chi connectivity index (χ0) is 27.8. The van der Waals surface area contributed by atoms with E-state index in [4.69, 9.17) is 11.6 Å². The molecule has 40 heavy (non-hydrogen) atoms. The molecule has 0 radical (unpaired) electrons. The number of tetrazole rings is 1. The number of aromatic amines is 1. The summed E-state index contributed by atoms with van der Waals surface area (Å²) in [7, 11) is 0. The van der Waals surface area contributed by atoms with Crippen molar-refractivity contribution >= 4 is 23.1 Å². The van der Waals surface area contributed by atoms with E-state index in [-0.39, 0.29) is 39.4 Å². The van der Waals surface area contributed by atoms with Crippen molar-refractivity contribution in [2.45, 2.75) is 49.8 Å². The molecule has 204 valence electrons. The Kier molecular flexibility index (Phi) is 5.58. The second-order valence-corrected chi connectivity index (χ2v) is 10.6. The van der Waals surface area contributed by atoms with Gasteiger partial charge in [0.2, 0.25) is 11.9 Å². The lowest BCUT2D eigenvalue weighted by Crippen LogP contribution is -2.39. The van der Waals surface area contributed by atoms with Crippen molar-refractivity contribution in [1.29, 1.82) is 0 Å². The van der Waals surface area contributed by atoms with Crippen molar-refractivity contribution in [3.05, 3.63) is 76.5 Å². The van der Waals surface area contributed by atoms with Crippen molar-refractivity contribution < 1.29 is 23.1 Å². The van der Waals surface area contributed by atoms with Gasteiger partial charge in [-0.2, -0.15) is 9.07 Å². The van der Waals surface area contributed by atoms with Crippen LogP contribution in [0.3, 0.4) is 0 Å². The standard InChI is InChI=1S/C26H20ClF3N8O2/c27-15-2-4-16(37-11-32-35-36-37)19(21(15)29)12-9-13-1-3-17(38(13)18(39)10-12)25-33-22(24(30)34-25)14-5-8-31-23(20(14)28)26(40)6-7-26/h2,4-5,8,10-11,13,17,40H,1,3,6-7,9H2,(H,33,34)/t13-,17-/m1/s1. The average Bonchev–Trinajstić information content (AvgIpc) is 3.32. The first-order valence-electron chi connectivity index (χ1n) is 12.6. The maximum Gasteiger partial charge on any atom is 0.247 e. The molecule has 2 atom stereocenters. The number of aliphatic hydroxyl groups is 1. The number of imidazole rings is 1. The Bertz CT molecular complexity index is 1700. The van der Waals surface area contributed by atoms with Crippen molar-refractivity contribution in [2.75, 3.05) is 0 Å². The number of amides is 1. The number of fused-ring (bicyclic) bond motifs is 1. The van der Waals surface area contributed by atoms with E-state index in [1.807, 2.05) is 0 Å². The van der Waals surface area contributed by atoms with Gasteiger partial charge in [-0.3, -0.25) is 9.78 Å². The van der Waals surface area contributed by atoms with E-state index in [9.17, 15) is 9.90 Å². The maximum atomic E-state index is 15.3. The van der Waals surface area contributed by atoms with E-state index in [1.165, 1.54) is 35.4 Å². The Labute approximate surface area is 229 Å². The Hall–Kier alpha value is -4.10. The maximum absolute atomic E-state index is 15.3. The molecule has 1 saturated heterocycles. The number of rotatable bonds is 5. The molecule has 10 nitrogen and oxygen atoms in total. The van der Waals surface area contributed by atoms with Crippen LogP contribution in [0.4, 0.5) is 13.2 Å². The van der Waals surface area contributed by atoms with Gasteiger partial charge in [0, 0.05) is 29.4 Å². The SMILES string of the molecule is O=C1C=C(c2c(-n3cnnn3)ccc(Cl)c2F)C[C@H]2CC[C@H](c3nc(-c4ccnc(C5(O)CC5)c4F)c(F)[nH]3)N12. The van der Waals surface area contributed by atoms with Crippen molar-refractivity contribution in [2.24, 2.45) is 0 Å². The van der Waals surface area contributed by atoms with Crippen molar-refractivity contribution in [1.82, 2.24) is 40.1 Å².